The van der Waals surface area contributed by atoms with Gasteiger partial charge >= 0.3 is 0 Å². The molecule has 0 amide bonds. The number of hydrogen-bond donors (Lipinski definition) is 0. The molecule has 0 heterocycles. The topological polar surface area (TPSA) is 30.8 Å². The summed E-state index contributed by atoms with van der Waals surface area (Å²) >= 11 is 0. The highest BCUT2D eigenvalue weighted by molar-refractivity contribution is 6.69. The Morgan fingerprint density at radius 1 is 0.963 bits per heavy atom. The predicted molar refractivity (Wildman–Crippen MR) is 114 cm³/mol. The maximum absolute atomic E-state index is 6.54. The third-order valence-electron chi connectivity index (χ3n) is 9.08. The minimum atomic E-state index is -1.43. The molecule has 0 aromatic heterocycles. The van der Waals surface area contributed by atoms with Crippen LogP contribution in [0.2, 0.25) is 19.6 Å². The van der Waals surface area contributed by atoms with Crippen LogP contribution < -0.4 is 0 Å². The molecule has 7 unspecified atom stereocenters. The molecule has 0 saturated heterocycles. The van der Waals surface area contributed by atoms with Gasteiger partial charge in [0.15, 0.2) is 8.32 Å². The fourth-order valence-corrected chi connectivity index (χ4v) is 9.09. The summed E-state index contributed by atoms with van der Waals surface area (Å²) in [7, 11) is 0.283. The van der Waals surface area contributed by atoms with Gasteiger partial charge in [0.05, 0.1) is 5.71 Å². The second-order valence-corrected chi connectivity index (χ2v) is 16.0. The molecule has 4 fully saturated rings. The van der Waals surface area contributed by atoms with Crippen LogP contribution in [0.25, 0.3) is 0 Å². The van der Waals surface area contributed by atoms with E-state index in [0.29, 0.717) is 16.9 Å². The van der Waals surface area contributed by atoms with Crippen molar-refractivity contribution in [1.29, 1.82) is 0 Å². The number of oxime groups is 1. The van der Waals surface area contributed by atoms with E-state index in [-0.39, 0.29) is 0 Å². The Morgan fingerprint density at radius 2 is 1.74 bits per heavy atom. The lowest BCUT2D eigenvalue weighted by atomic mass is 9.45. The van der Waals surface area contributed by atoms with Gasteiger partial charge in [-0.3, -0.25) is 0 Å². The zero-order valence-electron chi connectivity index (χ0n) is 18.5. The Balaban J connectivity index is 1.52. The van der Waals surface area contributed by atoms with Crippen LogP contribution in [0.3, 0.4) is 0 Å². The van der Waals surface area contributed by atoms with Crippen LogP contribution in [0.1, 0.15) is 71.6 Å². The Kier molecular flexibility index (Phi) is 5.07. The molecule has 4 heteroatoms. The van der Waals surface area contributed by atoms with E-state index in [0.717, 1.165) is 30.1 Å². The third kappa shape index (κ3) is 3.33. The maximum Gasteiger partial charge on any atom is 0.184 e. The standard InChI is InChI=1S/C23H41NO2Si/c1-22-13-11-17(26-27(4,5)6)15-16(22)7-8-18-19-9-10-21(24-25-3)23(19,2)14-12-20(18)22/h16-20H,7-15H2,1-6H3/b24-21+. The average molecular weight is 392 g/mol. The molecule has 3 nitrogen and oxygen atoms in total. The zero-order valence-corrected chi connectivity index (χ0v) is 19.5. The van der Waals surface area contributed by atoms with Gasteiger partial charge in [-0.1, -0.05) is 19.0 Å². The molecule has 4 aliphatic carbocycles. The van der Waals surface area contributed by atoms with Gasteiger partial charge in [-0.25, -0.2) is 0 Å². The zero-order chi connectivity index (χ0) is 19.4. The summed E-state index contributed by atoms with van der Waals surface area (Å²) in [6, 6.07) is 0. The second kappa shape index (κ2) is 6.86. The molecular formula is C23H41NO2Si. The summed E-state index contributed by atoms with van der Waals surface area (Å²) in [5.74, 6) is 3.54. The van der Waals surface area contributed by atoms with E-state index in [2.05, 4.69) is 38.6 Å². The van der Waals surface area contributed by atoms with Crippen molar-refractivity contribution >= 4 is 14.0 Å². The molecule has 0 spiro atoms. The monoisotopic (exact) mass is 391 g/mol. The summed E-state index contributed by atoms with van der Waals surface area (Å²) in [6.45, 7) is 12.2. The first-order valence-electron chi connectivity index (χ1n) is 11.5. The summed E-state index contributed by atoms with van der Waals surface area (Å²) in [4.78, 5) is 5.21. The van der Waals surface area contributed by atoms with E-state index in [1.807, 2.05) is 0 Å². The molecule has 4 rings (SSSR count). The largest absolute Gasteiger partial charge is 0.415 e. The van der Waals surface area contributed by atoms with Crippen molar-refractivity contribution in [3.63, 3.8) is 0 Å². The average Bonchev–Trinajstić information content (AvgIpc) is 2.91. The fourth-order valence-electron chi connectivity index (χ4n) is 7.87. The number of nitrogens with zero attached hydrogens (tertiary/aromatic N) is 1. The van der Waals surface area contributed by atoms with Crippen LogP contribution in [-0.2, 0) is 9.26 Å². The molecule has 0 radical (unpaired) electrons. The number of hydrogen-bond acceptors (Lipinski definition) is 3. The molecule has 0 aromatic carbocycles. The molecular weight excluding hydrogens is 350 g/mol. The lowest BCUT2D eigenvalue weighted by Crippen LogP contribution is -2.54. The first-order chi connectivity index (χ1) is 12.7. The van der Waals surface area contributed by atoms with Gasteiger partial charge in [-0.05, 0) is 107 Å². The highest BCUT2D eigenvalue weighted by Gasteiger charge is 2.59. The van der Waals surface area contributed by atoms with Gasteiger partial charge in [-0.15, -0.1) is 0 Å². The Labute approximate surface area is 167 Å². The van der Waals surface area contributed by atoms with E-state index in [1.54, 1.807) is 7.11 Å². The van der Waals surface area contributed by atoms with E-state index in [1.165, 1.54) is 57.1 Å². The van der Waals surface area contributed by atoms with Crippen molar-refractivity contribution in [2.45, 2.75) is 97.4 Å². The Hall–Kier alpha value is -0.353. The SMILES string of the molecule is CO/N=C1\CCC2C3CCC4CC(O[Si](C)(C)C)CCC4(C)C3CCC12C. The first kappa shape index (κ1) is 19.9. The molecule has 154 valence electrons. The van der Waals surface area contributed by atoms with Crippen LogP contribution in [-0.4, -0.2) is 27.2 Å². The summed E-state index contributed by atoms with van der Waals surface area (Å²) < 4.78 is 6.54. The Morgan fingerprint density at radius 3 is 2.44 bits per heavy atom. The van der Waals surface area contributed by atoms with Gasteiger partial charge in [0, 0.05) is 11.5 Å². The quantitative estimate of drug-likeness (QED) is 0.420. The molecule has 7 atom stereocenters. The summed E-state index contributed by atoms with van der Waals surface area (Å²) in [6.07, 6.45) is 12.6. The Bertz CT molecular complexity index is 600. The van der Waals surface area contributed by atoms with Crippen LogP contribution in [0.15, 0.2) is 5.16 Å². The van der Waals surface area contributed by atoms with E-state index in [9.17, 15) is 0 Å². The predicted octanol–water partition coefficient (Wildman–Crippen LogP) is 6.25. The fraction of sp³-hybridized carbons (Fsp3) is 0.957. The highest BCUT2D eigenvalue weighted by Crippen LogP contribution is 2.65. The molecule has 0 aliphatic heterocycles. The van der Waals surface area contributed by atoms with Gasteiger partial charge in [0.2, 0.25) is 0 Å². The van der Waals surface area contributed by atoms with E-state index < -0.39 is 8.32 Å². The number of rotatable bonds is 3. The van der Waals surface area contributed by atoms with Crippen molar-refractivity contribution in [2.24, 2.45) is 39.7 Å². The first-order valence-corrected chi connectivity index (χ1v) is 14.9. The third-order valence-corrected chi connectivity index (χ3v) is 10.1. The van der Waals surface area contributed by atoms with Crippen LogP contribution in [0.4, 0.5) is 0 Å². The van der Waals surface area contributed by atoms with Gasteiger partial charge in [0.25, 0.3) is 0 Å². The lowest BCUT2D eigenvalue weighted by molar-refractivity contribution is -0.111. The van der Waals surface area contributed by atoms with Crippen molar-refractivity contribution in [1.82, 2.24) is 0 Å². The summed E-state index contributed by atoms with van der Waals surface area (Å²) in [5.41, 5.74) is 2.21. The van der Waals surface area contributed by atoms with Crippen molar-refractivity contribution in [3.8, 4) is 0 Å². The van der Waals surface area contributed by atoms with Crippen LogP contribution in [0.5, 0.6) is 0 Å². The normalized spacial score (nSPS) is 48.7. The van der Waals surface area contributed by atoms with E-state index >= 15 is 0 Å². The molecule has 4 aliphatic rings. The van der Waals surface area contributed by atoms with Crippen molar-refractivity contribution < 1.29 is 9.26 Å². The van der Waals surface area contributed by atoms with E-state index in [4.69, 9.17) is 9.26 Å². The number of fused-ring (bicyclic) bond motifs is 5. The van der Waals surface area contributed by atoms with Gasteiger partial charge in [-0.2, -0.15) is 0 Å². The maximum atomic E-state index is 6.54. The molecule has 0 N–H and O–H groups in total. The highest BCUT2D eigenvalue weighted by atomic mass is 28.4. The minimum absolute atomic E-state index is 0.304. The van der Waals surface area contributed by atoms with Gasteiger partial charge in [0.1, 0.15) is 7.11 Å². The smallest absolute Gasteiger partial charge is 0.184 e. The molecule has 0 aromatic rings. The molecule has 0 bridgehead atoms. The second-order valence-electron chi connectivity index (χ2n) is 11.5. The lowest BCUT2D eigenvalue weighted by Gasteiger charge is -2.60. The van der Waals surface area contributed by atoms with Gasteiger partial charge < -0.3 is 9.26 Å². The summed E-state index contributed by atoms with van der Waals surface area (Å²) in [5, 5.41) is 4.46. The van der Waals surface area contributed by atoms with Crippen molar-refractivity contribution in [2.75, 3.05) is 7.11 Å². The molecule has 27 heavy (non-hydrogen) atoms. The minimum Gasteiger partial charge on any atom is -0.415 e. The molecule has 4 saturated carbocycles. The van der Waals surface area contributed by atoms with Crippen molar-refractivity contribution in [3.05, 3.63) is 0 Å². The van der Waals surface area contributed by atoms with Crippen LogP contribution >= 0.6 is 0 Å². The van der Waals surface area contributed by atoms with Crippen LogP contribution in [0, 0.1) is 34.5 Å².